The molecule has 0 aromatic heterocycles. The third-order valence-electron chi connectivity index (χ3n) is 1.55. The number of carboxylic acids is 1. The Kier molecular flexibility index (Phi) is 6.35. The minimum atomic E-state index is -0.833. The lowest BCUT2D eigenvalue weighted by Crippen LogP contribution is -2.12. The molecular formula is C11H16N2O3. The van der Waals surface area contributed by atoms with Crippen LogP contribution in [0.2, 0.25) is 0 Å². The van der Waals surface area contributed by atoms with Crippen molar-refractivity contribution < 1.29 is 14.6 Å². The van der Waals surface area contributed by atoms with Crippen LogP contribution in [0, 0.1) is 5.41 Å². The van der Waals surface area contributed by atoms with E-state index in [2.05, 4.69) is 0 Å². The van der Waals surface area contributed by atoms with Crippen molar-refractivity contribution in [1.82, 2.24) is 0 Å². The van der Waals surface area contributed by atoms with Crippen LogP contribution in [0.5, 0.6) is 5.75 Å². The molecule has 0 saturated carbocycles. The van der Waals surface area contributed by atoms with Gasteiger partial charge in [0, 0.05) is 13.3 Å². The van der Waals surface area contributed by atoms with Crippen LogP contribution in [0.15, 0.2) is 24.3 Å². The number of nitrogens with one attached hydrogen (secondary N) is 1. The summed E-state index contributed by atoms with van der Waals surface area (Å²) in [6, 6.07) is 7.52. The normalized spacial score (nSPS) is 8.62. The lowest BCUT2D eigenvalue weighted by Gasteiger charge is -2.01. The van der Waals surface area contributed by atoms with Gasteiger partial charge in [0.1, 0.15) is 5.75 Å². The molecule has 1 aromatic carbocycles. The minimum Gasteiger partial charge on any atom is -0.497 e. The molecule has 16 heavy (non-hydrogen) atoms. The second-order valence-electron chi connectivity index (χ2n) is 3.07. The van der Waals surface area contributed by atoms with Crippen molar-refractivity contribution in [3.63, 3.8) is 0 Å². The number of hydrogen-bond donors (Lipinski definition) is 3. The first-order chi connectivity index (χ1) is 7.45. The van der Waals surface area contributed by atoms with Gasteiger partial charge in [-0.15, -0.1) is 0 Å². The first-order valence-electron chi connectivity index (χ1n) is 4.61. The smallest absolute Gasteiger partial charge is 0.300 e. The van der Waals surface area contributed by atoms with Gasteiger partial charge in [-0.25, -0.2) is 0 Å². The number of benzene rings is 1. The summed E-state index contributed by atoms with van der Waals surface area (Å²) in [5.41, 5.74) is 6.28. The summed E-state index contributed by atoms with van der Waals surface area (Å²) >= 11 is 0. The summed E-state index contributed by atoms with van der Waals surface area (Å²) in [5, 5.41) is 14.5. The van der Waals surface area contributed by atoms with Gasteiger partial charge < -0.3 is 15.6 Å². The molecular weight excluding hydrogens is 208 g/mol. The average molecular weight is 224 g/mol. The maximum atomic E-state index is 9.00. The van der Waals surface area contributed by atoms with Crippen LogP contribution in [-0.4, -0.2) is 24.0 Å². The van der Waals surface area contributed by atoms with Crippen LogP contribution in [0.4, 0.5) is 0 Å². The Morgan fingerprint density at radius 1 is 1.44 bits per heavy atom. The van der Waals surface area contributed by atoms with Crippen molar-refractivity contribution in [2.75, 3.05) is 7.11 Å². The third-order valence-corrected chi connectivity index (χ3v) is 1.55. The Morgan fingerprint density at radius 3 is 2.19 bits per heavy atom. The maximum absolute atomic E-state index is 9.00. The molecule has 0 heterocycles. The second kappa shape index (κ2) is 7.28. The van der Waals surface area contributed by atoms with E-state index in [1.54, 1.807) is 7.11 Å². The quantitative estimate of drug-likeness (QED) is 0.532. The summed E-state index contributed by atoms with van der Waals surface area (Å²) in [4.78, 5) is 9.00. The minimum absolute atomic E-state index is 0.181. The van der Waals surface area contributed by atoms with Crippen molar-refractivity contribution in [1.29, 1.82) is 5.41 Å². The Balaban J connectivity index is 0.000000487. The highest BCUT2D eigenvalue weighted by Gasteiger charge is 1.95. The fourth-order valence-corrected chi connectivity index (χ4v) is 0.963. The van der Waals surface area contributed by atoms with Crippen LogP contribution < -0.4 is 10.5 Å². The summed E-state index contributed by atoms with van der Waals surface area (Å²) in [6.45, 7) is 1.08. The molecule has 0 bridgehead atoms. The molecule has 0 aliphatic carbocycles. The van der Waals surface area contributed by atoms with Crippen LogP contribution >= 0.6 is 0 Å². The summed E-state index contributed by atoms with van der Waals surface area (Å²) < 4.78 is 4.99. The largest absolute Gasteiger partial charge is 0.497 e. The van der Waals surface area contributed by atoms with E-state index in [1.807, 2.05) is 24.3 Å². The van der Waals surface area contributed by atoms with E-state index in [0.29, 0.717) is 6.42 Å². The molecule has 4 N–H and O–H groups in total. The van der Waals surface area contributed by atoms with Crippen molar-refractivity contribution in [2.45, 2.75) is 13.3 Å². The average Bonchev–Trinajstić information content (AvgIpc) is 2.17. The zero-order valence-electron chi connectivity index (χ0n) is 9.36. The predicted molar refractivity (Wildman–Crippen MR) is 61.9 cm³/mol. The van der Waals surface area contributed by atoms with Gasteiger partial charge in [0.05, 0.1) is 12.9 Å². The predicted octanol–water partition coefficient (Wildman–Crippen LogP) is 1.26. The highest BCUT2D eigenvalue weighted by atomic mass is 16.5. The fraction of sp³-hybridized carbons (Fsp3) is 0.273. The molecule has 0 spiro atoms. The molecule has 0 radical (unpaired) electrons. The molecule has 0 amide bonds. The van der Waals surface area contributed by atoms with E-state index < -0.39 is 5.97 Å². The number of hydrogen-bond acceptors (Lipinski definition) is 3. The van der Waals surface area contributed by atoms with Crippen molar-refractivity contribution in [3.8, 4) is 5.75 Å². The lowest BCUT2D eigenvalue weighted by atomic mass is 10.1. The molecule has 0 unspecified atom stereocenters. The van der Waals surface area contributed by atoms with Gasteiger partial charge in [-0.1, -0.05) is 12.1 Å². The van der Waals surface area contributed by atoms with Gasteiger partial charge in [-0.2, -0.15) is 0 Å². The second-order valence-corrected chi connectivity index (χ2v) is 3.07. The maximum Gasteiger partial charge on any atom is 0.300 e. The van der Waals surface area contributed by atoms with Crippen LogP contribution in [-0.2, 0) is 11.2 Å². The Bertz CT molecular complexity index is 343. The molecule has 0 atom stereocenters. The fourth-order valence-electron chi connectivity index (χ4n) is 0.963. The van der Waals surface area contributed by atoms with Gasteiger partial charge >= 0.3 is 0 Å². The summed E-state index contributed by atoms with van der Waals surface area (Å²) in [6.07, 6.45) is 0.504. The number of amidine groups is 1. The summed E-state index contributed by atoms with van der Waals surface area (Å²) in [5.74, 6) is 0.169. The zero-order chi connectivity index (χ0) is 12.6. The number of ether oxygens (including phenoxy) is 1. The van der Waals surface area contributed by atoms with Gasteiger partial charge in [0.15, 0.2) is 0 Å². The summed E-state index contributed by atoms with van der Waals surface area (Å²) in [7, 11) is 1.62. The van der Waals surface area contributed by atoms with E-state index in [9.17, 15) is 0 Å². The first-order valence-corrected chi connectivity index (χ1v) is 4.61. The van der Waals surface area contributed by atoms with Crippen molar-refractivity contribution in [2.24, 2.45) is 5.73 Å². The topological polar surface area (TPSA) is 96.4 Å². The number of methoxy groups -OCH3 is 1. The zero-order valence-corrected chi connectivity index (χ0v) is 9.36. The van der Waals surface area contributed by atoms with E-state index in [1.165, 1.54) is 0 Å². The van der Waals surface area contributed by atoms with Crippen molar-refractivity contribution in [3.05, 3.63) is 29.8 Å². The van der Waals surface area contributed by atoms with Gasteiger partial charge in [0.25, 0.3) is 5.97 Å². The number of carboxylic acid groups (broad SMARTS) is 1. The first kappa shape index (κ1) is 14.0. The van der Waals surface area contributed by atoms with Crippen LogP contribution in [0.1, 0.15) is 12.5 Å². The van der Waals surface area contributed by atoms with Crippen LogP contribution in [0.25, 0.3) is 0 Å². The van der Waals surface area contributed by atoms with E-state index in [-0.39, 0.29) is 5.84 Å². The third kappa shape index (κ3) is 7.37. The highest BCUT2D eigenvalue weighted by Crippen LogP contribution is 2.11. The van der Waals surface area contributed by atoms with Gasteiger partial charge in [-0.3, -0.25) is 10.2 Å². The Hall–Kier alpha value is -2.04. The van der Waals surface area contributed by atoms with Crippen molar-refractivity contribution >= 4 is 11.8 Å². The lowest BCUT2D eigenvalue weighted by molar-refractivity contribution is -0.134. The standard InChI is InChI=1S/C9H12N2O.C2H4O2/c1-12-8-4-2-7(3-5-8)6-9(10)11;1-2(3)4/h2-5H,6H2,1H3,(H3,10,11);1H3,(H,3,4). The number of carbonyl (C=O) groups is 1. The molecule has 0 aliphatic rings. The Labute approximate surface area is 94.4 Å². The van der Waals surface area contributed by atoms with Crippen LogP contribution in [0.3, 0.4) is 0 Å². The number of aliphatic carboxylic acids is 1. The molecule has 5 heteroatoms. The van der Waals surface area contributed by atoms with E-state index in [4.69, 9.17) is 25.8 Å². The van der Waals surface area contributed by atoms with Gasteiger partial charge in [0.2, 0.25) is 0 Å². The highest BCUT2D eigenvalue weighted by molar-refractivity contribution is 5.79. The van der Waals surface area contributed by atoms with E-state index in [0.717, 1.165) is 18.2 Å². The molecule has 1 rings (SSSR count). The van der Waals surface area contributed by atoms with E-state index >= 15 is 0 Å². The monoisotopic (exact) mass is 224 g/mol. The molecule has 0 saturated heterocycles. The molecule has 1 aromatic rings. The number of rotatable bonds is 3. The Morgan fingerprint density at radius 2 is 1.88 bits per heavy atom. The number of nitrogens with two attached hydrogens (primary N) is 1. The molecule has 88 valence electrons. The molecule has 5 nitrogen and oxygen atoms in total. The molecule has 0 aliphatic heterocycles. The van der Waals surface area contributed by atoms with Gasteiger partial charge in [-0.05, 0) is 17.7 Å². The SMILES string of the molecule is CC(=O)O.COc1ccc(CC(=N)N)cc1. The molecule has 0 fully saturated rings.